The van der Waals surface area contributed by atoms with E-state index in [1.807, 2.05) is 0 Å². The number of unbranched alkanes of at least 4 members (excludes halogenated alkanes) is 1. The number of rotatable bonds is 3. The maximum absolute atomic E-state index is 14.0. The zero-order chi connectivity index (χ0) is 23.8. The van der Waals surface area contributed by atoms with E-state index in [1.165, 1.54) is 6.92 Å². The molecular weight excluding hydrogens is 448 g/mol. The molecule has 0 bridgehead atoms. The molecule has 0 aliphatic carbocycles. The summed E-state index contributed by atoms with van der Waals surface area (Å²) in [5.74, 6) is 0. The van der Waals surface area contributed by atoms with Gasteiger partial charge in [-0.15, -0.1) is 0 Å². The summed E-state index contributed by atoms with van der Waals surface area (Å²) in [5.41, 5.74) is -14.4. The van der Waals surface area contributed by atoms with Crippen LogP contribution in [0.25, 0.3) is 0 Å². The van der Waals surface area contributed by atoms with Gasteiger partial charge in [0.05, 0.1) is 0 Å². The second-order valence-electron chi connectivity index (χ2n) is 7.97. The lowest BCUT2D eigenvalue weighted by atomic mass is 9.79. The molecule has 0 saturated carbocycles. The van der Waals surface area contributed by atoms with Crippen molar-refractivity contribution in [3.05, 3.63) is 11.8 Å². The van der Waals surface area contributed by atoms with E-state index < -0.39 is 69.8 Å². The minimum atomic E-state index is -6.25. The molecule has 0 amide bonds. The molecule has 0 atom stereocenters. The molecule has 2 aliphatic rings. The molecule has 0 spiro atoms. The van der Waals surface area contributed by atoms with Crippen molar-refractivity contribution in [1.29, 1.82) is 0 Å². The van der Waals surface area contributed by atoms with Gasteiger partial charge in [-0.1, -0.05) is 13.3 Å². The Balaban J connectivity index is 2.97. The van der Waals surface area contributed by atoms with Gasteiger partial charge >= 0.3 is 24.7 Å². The summed E-state index contributed by atoms with van der Waals surface area (Å²) >= 11 is 0. The standard InChI is InChI=1S/C16H18F12N2/c1-4-5-6-9-7-29-11(13(17,18)19,14(20,21)22)8-10(2,3)30(29)12(9,15(23,24)25)16(26,27)28/h7H,4-6,8H2,1-3H3. The first kappa shape index (κ1) is 24.9. The Hall–Kier alpha value is -1.34. The van der Waals surface area contributed by atoms with Crippen molar-refractivity contribution in [1.82, 2.24) is 10.0 Å². The van der Waals surface area contributed by atoms with Gasteiger partial charge < -0.3 is 0 Å². The summed E-state index contributed by atoms with van der Waals surface area (Å²) in [5, 5.41) is -1.73. The first-order valence-corrected chi connectivity index (χ1v) is 8.70. The lowest BCUT2D eigenvalue weighted by Gasteiger charge is -2.49. The Morgan fingerprint density at radius 1 is 0.800 bits per heavy atom. The highest BCUT2D eigenvalue weighted by Gasteiger charge is 2.88. The molecule has 0 N–H and O–H groups in total. The summed E-state index contributed by atoms with van der Waals surface area (Å²) in [7, 11) is 0. The number of halogens is 12. The predicted molar refractivity (Wildman–Crippen MR) is 79.7 cm³/mol. The number of hydrazine groups is 1. The fourth-order valence-electron chi connectivity index (χ4n) is 4.40. The first-order valence-electron chi connectivity index (χ1n) is 8.70. The van der Waals surface area contributed by atoms with Crippen LogP contribution in [0.15, 0.2) is 11.8 Å². The van der Waals surface area contributed by atoms with Crippen molar-refractivity contribution < 1.29 is 52.7 Å². The molecule has 1 fully saturated rings. The molecular formula is C16H18F12N2. The second-order valence-corrected chi connectivity index (χ2v) is 7.97. The van der Waals surface area contributed by atoms with Crippen LogP contribution < -0.4 is 0 Å². The third-order valence-corrected chi connectivity index (χ3v) is 5.49. The van der Waals surface area contributed by atoms with Crippen LogP contribution in [0.5, 0.6) is 0 Å². The Kier molecular flexibility index (Phi) is 5.47. The number of alkyl halides is 12. The van der Waals surface area contributed by atoms with Crippen molar-refractivity contribution in [3.63, 3.8) is 0 Å². The molecule has 176 valence electrons. The number of nitrogens with zero attached hydrogens (tertiary/aromatic N) is 2. The Morgan fingerprint density at radius 2 is 1.23 bits per heavy atom. The molecule has 2 heterocycles. The second kappa shape index (κ2) is 6.58. The SMILES string of the molecule is CCCCC1=CN2N(C(C)(C)CC2(C(F)(F)F)C(F)(F)F)C1(C(F)(F)F)C(F)(F)F. The zero-order valence-corrected chi connectivity index (χ0v) is 15.8. The van der Waals surface area contributed by atoms with Gasteiger partial charge in [-0.2, -0.15) is 57.7 Å². The lowest BCUT2D eigenvalue weighted by Crippen LogP contribution is -2.72. The van der Waals surface area contributed by atoms with E-state index in [-0.39, 0.29) is 19.0 Å². The van der Waals surface area contributed by atoms with Gasteiger partial charge in [-0.05, 0) is 32.3 Å². The molecule has 30 heavy (non-hydrogen) atoms. The van der Waals surface area contributed by atoms with Crippen LogP contribution in [0, 0.1) is 0 Å². The van der Waals surface area contributed by atoms with Gasteiger partial charge in [0, 0.05) is 18.2 Å². The Bertz CT molecular complexity index is 667. The van der Waals surface area contributed by atoms with Crippen LogP contribution >= 0.6 is 0 Å². The van der Waals surface area contributed by atoms with E-state index in [0.29, 0.717) is 13.8 Å². The van der Waals surface area contributed by atoms with E-state index in [9.17, 15) is 52.7 Å². The van der Waals surface area contributed by atoms with E-state index in [2.05, 4.69) is 0 Å². The highest BCUT2D eigenvalue weighted by Crippen LogP contribution is 2.67. The Labute approximate surface area is 163 Å². The smallest absolute Gasteiger partial charge is 0.288 e. The molecule has 14 heteroatoms. The third-order valence-electron chi connectivity index (χ3n) is 5.49. The van der Waals surface area contributed by atoms with E-state index in [4.69, 9.17) is 0 Å². The molecule has 2 aliphatic heterocycles. The summed E-state index contributed by atoms with van der Waals surface area (Å²) in [4.78, 5) is 0. The molecule has 0 unspecified atom stereocenters. The van der Waals surface area contributed by atoms with Crippen molar-refractivity contribution in [2.45, 2.75) is 87.8 Å². The molecule has 2 rings (SSSR count). The van der Waals surface area contributed by atoms with E-state index in [1.54, 1.807) is 0 Å². The maximum Gasteiger partial charge on any atom is 0.422 e. The number of fused-ring (bicyclic) bond motifs is 1. The largest absolute Gasteiger partial charge is 0.422 e. The Morgan fingerprint density at radius 3 is 1.57 bits per heavy atom. The van der Waals surface area contributed by atoms with Crippen LogP contribution in [0.4, 0.5) is 52.7 Å². The van der Waals surface area contributed by atoms with Gasteiger partial charge in [-0.3, -0.25) is 5.01 Å². The quantitative estimate of drug-likeness (QED) is 0.438. The van der Waals surface area contributed by atoms with Gasteiger partial charge in [0.25, 0.3) is 5.54 Å². The zero-order valence-electron chi connectivity index (χ0n) is 15.8. The maximum atomic E-state index is 14.0. The van der Waals surface area contributed by atoms with Crippen LogP contribution in [0.2, 0.25) is 0 Å². The third kappa shape index (κ3) is 2.99. The predicted octanol–water partition coefficient (Wildman–Crippen LogP) is 6.50. The molecule has 0 radical (unpaired) electrons. The normalized spacial score (nSPS) is 24.2. The molecule has 0 aromatic carbocycles. The monoisotopic (exact) mass is 466 g/mol. The minimum Gasteiger partial charge on any atom is -0.288 e. The highest BCUT2D eigenvalue weighted by atomic mass is 19.4. The summed E-state index contributed by atoms with van der Waals surface area (Å²) < 4.78 is 167. The van der Waals surface area contributed by atoms with Gasteiger partial charge in [0.1, 0.15) is 0 Å². The fourth-order valence-corrected chi connectivity index (χ4v) is 4.40. The van der Waals surface area contributed by atoms with Crippen molar-refractivity contribution >= 4 is 0 Å². The topological polar surface area (TPSA) is 6.48 Å². The van der Waals surface area contributed by atoms with E-state index in [0.717, 1.165) is 0 Å². The molecule has 0 aromatic heterocycles. The van der Waals surface area contributed by atoms with Crippen molar-refractivity contribution in [2.75, 3.05) is 0 Å². The molecule has 1 saturated heterocycles. The summed E-state index contributed by atoms with van der Waals surface area (Å²) in [6.45, 7) is 2.41. The van der Waals surface area contributed by atoms with E-state index >= 15 is 0 Å². The highest BCUT2D eigenvalue weighted by molar-refractivity contribution is 5.37. The van der Waals surface area contributed by atoms with Crippen molar-refractivity contribution in [3.8, 4) is 0 Å². The van der Waals surface area contributed by atoms with Crippen LogP contribution in [-0.4, -0.2) is 51.3 Å². The average Bonchev–Trinajstić information content (AvgIpc) is 2.94. The molecule has 0 aromatic rings. The number of hydrogen-bond donors (Lipinski definition) is 0. The summed E-state index contributed by atoms with van der Waals surface area (Å²) in [6.07, 6.45) is -28.5. The summed E-state index contributed by atoms with van der Waals surface area (Å²) in [6, 6.07) is 0. The lowest BCUT2D eigenvalue weighted by molar-refractivity contribution is -0.380. The average molecular weight is 466 g/mol. The van der Waals surface area contributed by atoms with Crippen molar-refractivity contribution in [2.24, 2.45) is 0 Å². The van der Waals surface area contributed by atoms with Gasteiger partial charge in [0.15, 0.2) is 0 Å². The van der Waals surface area contributed by atoms with Crippen LogP contribution in [-0.2, 0) is 0 Å². The number of hydrogen-bond acceptors (Lipinski definition) is 2. The van der Waals surface area contributed by atoms with Crippen LogP contribution in [0.3, 0.4) is 0 Å². The fraction of sp³-hybridized carbons (Fsp3) is 0.875. The van der Waals surface area contributed by atoms with Gasteiger partial charge in [-0.25, -0.2) is 0 Å². The van der Waals surface area contributed by atoms with Gasteiger partial charge in [0.2, 0.25) is 5.54 Å². The first-order chi connectivity index (χ1) is 13.1. The van der Waals surface area contributed by atoms with Crippen LogP contribution in [0.1, 0.15) is 46.5 Å². The minimum absolute atomic E-state index is 0.0657. The molecule has 2 nitrogen and oxygen atoms in total.